The Morgan fingerprint density at radius 2 is 1.34 bits per heavy atom. The van der Waals surface area contributed by atoms with Gasteiger partial charge in [-0.2, -0.15) is 0 Å². The average Bonchev–Trinajstić information content (AvgIpc) is 3.30. The molecule has 0 aliphatic heterocycles. The van der Waals surface area contributed by atoms with Crippen molar-refractivity contribution in [1.82, 2.24) is 9.88 Å². The molecule has 0 saturated carbocycles. The van der Waals surface area contributed by atoms with Crippen LogP contribution in [0, 0.1) is 11.6 Å². The lowest BCUT2D eigenvalue weighted by Gasteiger charge is -2.18. The minimum absolute atomic E-state index is 0.0807. The zero-order valence-corrected chi connectivity index (χ0v) is 23.5. The van der Waals surface area contributed by atoms with E-state index in [1.165, 1.54) is 24.3 Å². The van der Waals surface area contributed by atoms with E-state index in [-0.39, 0.29) is 30.0 Å². The van der Waals surface area contributed by atoms with E-state index in [1.807, 2.05) is 44.2 Å². The molecular weight excluding hydrogens is 522 g/mol. The fraction of sp³-hybridized carbons (Fsp3) is 0.294. The van der Waals surface area contributed by atoms with Crippen LogP contribution in [0.2, 0.25) is 0 Å². The molecule has 2 N–H and O–H groups in total. The van der Waals surface area contributed by atoms with E-state index in [0.717, 1.165) is 41.6 Å². The number of nitrogens with zero attached hydrogens (tertiary/aromatic N) is 1. The van der Waals surface area contributed by atoms with Crippen LogP contribution in [0.5, 0.6) is 0 Å². The third-order valence-corrected chi connectivity index (χ3v) is 7.15. The van der Waals surface area contributed by atoms with Crippen molar-refractivity contribution >= 4 is 11.9 Å². The Hall–Kier alpha value is -4.26. The van der Waals surface area contributed by atoms with Gasteiger partial charge >= 0.3 is 5.97 Å². The molecule has 0 spiro atoms. The second-order valence-electron chi connectivity index (χ2n) is 10.5. The first-order valence-corrected chi connectivity index (χ1v) is 14.1. The van der Waals surface area contributed by atoms with Crippen LogP contribution < -0.4 is 5.32 Å². The highest BCUT2D eigenvalue weighted by atomic mass is 19.1. The van der Waals surface area contributed by atoms with E-state index in [9.17, 15) is 18.4 Å². The van der Waals surface area contributed by atoms with Crippen molar-refractivity contribution in [2.24, 2.45) is 0 Å². The molecule has 0 saturated heterocycles. The van der Waals surface area contributed by atoms with Crippen LogP contribution in [0.25, 0.3) is 22.3 Å². The van der Waals surface area contributed by atoms with Gasteiger partial charge in [0.05, 0.1) is 0 Å². The minimum Gasteiger partial charge on any atom is -0.481 e. The third kappa shape index (κ3) is 7.48. The molecule has 3 aromatic carbocycles. The number of benzene rings is 3. The number of carboxylic acid groups (broad SMARTS) is 1. The standard InChI is InChI=1S/C34H36F2N2O3/c1-23(2)38-29(12-8-3-4-9-13-30(39)40)31(25-14-18-27(35)19-15-25)32(26-16-20-28(36)21-17-26)33(38)34(41)37-22-24-10-6-5-7-11-24/h5-7,10-11,14-21,23H,3-4,8-9,12-13,22H2,1-2H3,(H,37,41)(H,39,40). The van der Waals surface area contributed by atoms with Gasteiger partial charge in [-0.05, 0) is 74.1 Å². The number of amides is 1. The Kier molecular flexibility index (Phi) is 10.1. The Bertz CT molecular complexity index is 1460. The maximum atomic E-state index is 14.0. The van der Waals surface area contributed by atoms with Gasteiger partial charge in [-0.3, -0.25) is 9.59 Å². The van der Waals surface area contributed by atoms with Crippen molar-refractivity contribution in [3.05, 3.63) is 107 Å². The van der Waals surface area contributed by atoms with Crippen molar-refractivity contribution in [2.75, 3.05) is 0 Å². The molecule has 4 aromatic rings. The molecule has 0 unspecified atom stereocenters. The number of rotatable bonds is 13. The quantitative estimate of drug-likeness (QED) is 0.163. The van der Waals surface area contributed by atoms with Crippen LogP contribution in [-0.4, -0.2) is 21.6 Å². The largest absolute Gasteiger partial charge is 0.481 e. The highest BCUT2D eigenvalue weighted by molar-refractivity contribution is 6.05. The van der Waals surface area contributed by atoms with Gasteiger partial charge in [0.1, 0.15) is 17.3 Å². The van der Waals surface area contributed by atoms with Crippen LogP contribution in [0.1, 0.15) is 73.7 Å². The molecular formula is C34H36F2N2O3. The second kappa shape index (κ2) is 13.9. The van der Waals surface area contributed by atoms with Crippen LogP contribution in [0.4, 0.5) is 8.78 Å². The molecule has 0 radical (unpaired) electrons. The van der Waals surface area contributed by atoms with Gasteiger partial charge in [0.15, 0.2) is 0 Å². The van der Waals surface area contributed by atoms with E-state index in [1.54, 1.807) is 24.3 Å². The van der Waals surface area contributed by atoms with Crippen LogP contribution in [0.3, 0.4) is 0 Å². The number of nitrogens with one attached hydrogen (secondary N) is 1. The summed E-state index contributed by atoms with van der Waals surface area (Å²) in [4.78, 5) is 24.9. The Morgan fingerprint density at radius 3 is 1.90 bits per heavy atom. The molecule has 1 amide bonds. The summed E-state index contributed by atoms with van der Waals surface area (Å²) in [5.41, 5.74) is 5.34. The van der Waals surface area contributed by atoms with Gasteiger partial charge in [-0.1, -0.05) is 67.4 Å². The van der Waals surface area contributed by atoms with Gasteiger partial charge < -0.3 is 15.0 Å². The molecule has 41 heavy (non-hydrogen) atoms. The molecule has 5 nitrogen and oxygen atoms in total. The maximum Gasteiger partial charge on any atom is 0.303 e. The first kappa shape index (κ1) is 29.7. The SMILES string of the molecule is CC(C)n1c(CCCCCCC(=O)O)c(-c2ccc(F)cc2)c(-c2ccc(F)cc2)c1C(=O)NCc1ccccc1. The molecule has 1 heterocycles. The smallest absolute Gasteiger partial charge is 0.303 e. The van der Waals surface area contributed by atoms with E-state index in [0.29, 0.717) is 36.2 Å². The molecule has 1 aromatic heterocycles. The van der Waals surface area contributed by atoms with E-state index in [4.69, 9.17) is 5.11 Å². The number of hydrogen-bond donors (Lipinski definition) is 2. The first-order valence-electron chi connectivity index (χ1n) is 14.1. The number of carbonyl (C=O) groups is 2. The van der Waals surface area contributed by atoms with Crippen molar-refractivity contribution in [3.63, 3.8) is 0 Å². The van der Waals surface area contributed by atoms with E-state index in [2.05, 4.69) is 9.88 Å². The summed E-state index contributed by atoms with van der Waals surface area (Å²) in [7, 11) is 0. The molecule has 0 bridgehead atoms. The lowest BCUT2D eigenvalue weighted by Crippen LogP contribution is -2.27. The van der Waals surface area contributed by atoms with Gasteiger partial charge in [-0.25, -0.2) is 8.78 Å². The number of unbranched alkanes of at least 4 members (excludes halogenated alkanes) is 3. The molecule has 0 atom stereocenters. The van der Waals surface area contributed by atoms with Crippen LogP contribution in [0.15, 0.2) is 78.9 Å². The summed E-state index contributed by atoms with van der Waals surface area (Å²) in [6.07, 6.45) is 3.80. The molecule has 0 aliphatic carbocycles. The summed E-state index contributed by atoms with van der Waals surface area (Å²) in [5, 5.41) is 12.0. The summed E-state index contributed by atoms with van der Waals surface area (Å²) < 4.78 is 30.1. The Labute approximate surface area is 239 Å². The minimum atomic E-state index is -0.799. The first-order chi connectivity index (χ1) is 19.8. The fourth-order valence-corrected chi connectivity index (χ4v) is 5.29. The Morgan fingerprint density at radius 1 is 0.780 bits per heavy atom. The van der Waals surface area contributed by atoms with Crippen molar-refractivity contribution < 1.29 is 23.5 Å². The highest BCUT2D eigenvalue weighted by Crippen LogP contribution is 2.42. The average molecular weight is 559 g/mol. The summed E-state index contributed by atoms with van der Waals surface area (Å²) in [6, 6.07) is 21.9. The lowest BCUT2D eigenvalue weighted by atomic mass is 9.93. The maximum absolute atomic E-state index is 14.0. The predicted octanol–water partition coefficient (Wildman–Crippen LogP) is 8.19. The number of hydrogen-bond acceptors (Lipinski definition) is 2. The molecule has 0 aliphatic rings. The molecule has 214 valence electrons. The van der Waals surface area contributed by atoms with Crippen molar-refractivity contribution in [1.29, 1.82) is 0 Å². The summed E-state index contributed by atoms with van der Waals surface area (Å²) in [5.74, 6) is -1.79. The Balaban J connectivity index is 1.84. The lowest BCUT2D eigenvalue weighted by molar-refractivity contribution is -0.137. The van der Waals surface area contributed by atoms with Gasteiger partial charge in [0.2, 0.25) is 0 Å². The van der Waals surface area contributed by atoms with Crippen LogP contribution >= 0.6 is 0 Å². The fourth-order valence-electron chi connectivity index (χ4n) is 5.29. The molecule has 4 rings (SSSR count). The van der Waals surface area contributed by atoms with Gasteiger partial charge in [-0.15, -0.1) is 0 Å². The van der Waals surface area contributed by atoms with E-state index >= 15 is 0 Å². The number of carboxylic acids is 1. The molecule has 7 heteroatoms. The van der Waals surface area contributed by atoms with Gasteiger partial charge in [0.25, 0.3) is 5.91 Å². The normalized spacial score (nSPS) is 11.1. The number of aliphatic carboxylic acids is 1. The number of carbonyl (C=O) groups excluding carboxylic acids is 1. The molecule has 0 fully saturated rings. The third-order valence-electron chi connectivity index (χ3n) is 7.15. The van der Waals surface area contributed by atoms with Crippen LogP contribution in [-0.2, 0) is 17.8 Å². The number of aromatic nitrogens is 1. The topological polar surface area (TPSA) is 71.3 Å². The highest BCUT2D eigenvalue weighted by Gasteiger charge is 2.30. The van der Waals surface area contributed by atoms with Crippen molar-refractivity contribution in [2.45, 2.75) is 65.0 Å². The van der Waals surface area contributed by atoms with Crippen molar-refractivity contribution in [3.8, 4) is 22.3 Å². The second-order valence-corrected chi connectivity index (χ2v) is 10.5. The zero-order valence-electron chi connectivity index (χ0n) is 23.5. The zero-order chi connectivity index (χ0) is 29.4. The summed E-state index contributed by atoms with van der Waals surface area (Å²) in [6.45, 7) is 4.39. The predicted molar refractivity (Wildman–Crippen MR) is 158 cm³/mol. The number of halogens is 2. The monoisotopic (exact) mass is 558 g/mol. The van der Waals surface area contributed by atoms with Gasteiger partial charge in [0, 0.05) is 35.8 Å². The summed E-state index contributed by atoms with van der Waals surface area (Å²) >= 11 is 0. The van der Waals surface area contributed by atoms with E-state index < -0.39 is 5.97 Å².